The Hall–Kier alpha value is -1.96. The highest BCUT2D eigenvalue weighted by Crippen LogP contribution is 2.30. The summed E-state index contributed by atoms with van der Waals surface area (Å²) < 4.78 is 36.9. The summed E-state index contributed by atoms with van der Waals surface area (Å²) in [4.78, 5) is 16.0. The lowest BCUT2D eigenvalue weighted by molar-refractivity contribution is -0.0499. The molecule has 0 radical (unpaired) electrons. The Bertz CT molecular complexity index is 704. The number of carbonyl (C=O) groups excluding carboxylic acids is 1. The average molecular weight is 389 g/mol. The molecule has 2 rings (SSSR count). The largest absolute Gasteiger partial charge is 0.461 e. The maximum atomic E-state index is 12.6. The molecule has 0 aliphatic heterocycles. The minimum Gasteiger partial charge on any atom is -0.461 e. The van der Waals surface area contributed by atoms with E-state index in [1.165, 1.54) is 12.3 Å². The van der Waals surface area contributed by atoms with E-state index in [0.29, 0.717) is 22.4 Å². The van der Waals surface area contributed by atoms with Gasteiger partial charge < -0.3 is 9.47 Å². The lowest BCUT2D eigenvalue weighted by Gasteiger charge is -2.13. The molecule has 0 N–H and O–H groups in total. The number of ether oxygens (including phenoxy) is 2. The van der Waals surface area contributed by atoms with E-state index >= 15 is 0 Å². The quantitative estimate of drug-likeness (QED) is 0.702. The summed E-state index contributed by atoms with van der Waals surface area (Å²) >= 11 is 3.22. The van der Waals surface area contributed by atoms with Crippen molar-refractivity contribution in [1.29, 1.82) is 0 Å². The number of halogens is 3. The number of hydrogen-bond donors (Lipinski definition) is 0. The number of rotatable bonds is 6. The third kappa shape index (κ3) is 4.07. The van der Waals surface area contributed by atoms with Gasteiger partial charge in [-0.1, -0.05) is 22.9 Å². The highest BCUT2D eigenvalue weighted by molar-refractivity contribution is 9.10. The molecular weight excluding hydrogens is 374 g/mol. The Labute approximate surface area is 140 Å². The van der Waals surface area contributed by atoms with Crippen molar-refractivity contribution in [3.05, 3.63) is 40.4 Å². The second kappa shape index (κ2) is 7.54. The number of imidazole rings is 1. The van der Waals surface area contributed by atoms with Crippen LogP contribution in [0.1, 0.15) is 30.2 Å². The van der Waals surface area contributed by atoms with Crippen molar-refractivity contribution < 1.29 is 23.0 Å². The second-order valence-electron chi connectivity index (χ2n) is 4.48. The van der Waals surface area contributed by atoms with Gasteiger partial charge in [-0.2, -0.15) is 8.78 Å². The molecule has 1 aromatic heterocycles. The van der Waals surface area contributed by atoms with Crippen LogP contribution >= 0.6 is 15.9 Å². The molecule has 8 heteroatoms. The minimum atomic E-state index is -2.96. The second-order valence-corrected chi connectivity index (χ2v) is 5.39. The number of aryl methyl sites for hydroxylation is 1. The molecule has 124 valence electrons. The molecule has 0 aliphatic rings. The van der Waals surface area contributed by atoms with Crippen molar-refractivity contribution in [1.82, 2.24) is 9.55 Å². The number of benzene rings is 1. The van der Waals surface area contributed by atoms with Gasteiger partial charge in [0, 0.05) is 17.1 Å². The van der Waals surface area contributed by atoms with Crippen LogP contribution in [0.4, 0.5) is 8.78 Å². The third-order valence-electron chi connectivity index (χ3n) is 2.98. The Morgan fingerprint density at radius 2 is 2.13 bits per heavy atom. The predicted octanol–water partition coefficient (Wildman–Crippen LogP) is 3.98. The highest BCUT2D eigenvalue weighted by atomic mass is 79.9. The lowest BCUT2D eigenvalue weighted by Crippen LogP contribution is -2.07. The van der Waals surface area contributed by atoms with E-state index in [-0.39, 0.29) is 18.1 Å². The zero-order valence-corrected chi connectivity index (χ0v) is 14.1. The molecule has 0 aliphatic carbocycles. The summed E-state index contributed by atoms with van der Waals surface area (Å²) in [6.45, 7) is 0.811. The molecule has 23 heavy (non-hydrogen) atoms. The Balaban J connectivity index is 2.50. The van der Waals surface area contributed by atoms with Crippen LogP contribution in [0.15, 0.2) is 28.9 Å². The molecule has 0 amide bonds. The summed E-state index contributed by atoms with van der Waals surface area (Å²) in [6, 6.07) is 4.74. The first-order valence-electron chi connectivity index (χ1n) is 6.96. The van der Waals surface area contributed by atoms with Crippen LogP contribution in [-0.2, 0) is 11.2 Å². The zero-order chi connectivity index (χ0) is 17.0. The van der Waals surface area contributed by atoms with Crippen LogP contribution < -0.4 is 4.74 Å². The van der Waals surface area contributed by atoms with Gasteiger partial charge in [0.25, 0.3) is 0 Å². The van der Waals surface area contributed by atoms with E-state index in [0.717, 1.165) is 0 Å². The van der Waals surface area contributed by atoms with Crippen molar-refractivity contribution in [2.45, 2.75) is 26.9 Å². The summed E-state index contributed by atoms with van der Waals surface area (Å²) in [6.07, 6.45) is 1.96. The Morgan fingerprint density at radius 3 is 2.74 bits per heavy atom. The van der Waals surface area contributed by atoms with E-state index in [2.05, 4.69) is 25.7 Å². The first-order valence-corrected chi connectivity index (χ1v) is 7.75. The van der Waals surface area contributed by atoms with E-state index in [1.807, 2.05) is 6.92 Å². The number of alkyl halides is 2. The maximum Gasteiger partial charge on any atom is 0.387 e. The van der Waals surface area contributed by atoms with Crippen molar-refractivity contribution >= 4 is 21.9 Å². The molecule has 1 heterocycles. The fourth-order valence-electron chi connectivity index (χ4n) is 2.06. The fraction of sp³-hybridized carbons (Fsp3) is 0.333. The van der Waals surface area contributed by atoms with Gasteiger partial charge in [-0.05, 0) is 25.1 Å². The van der Waals surface area contributed by atoms with Crippen LogP contribution in [0.3, 0.4) is 0 Å². The summed E-state index contributed by atoms with van der Waals surface area (Å²) in [7, 11) is 0. The highest BCUT2D eigenvalue weighted by Gasteiger charge is 2.19. The van der Waals surface area contributed by atoms with Crippen LogP contribution in [0.25, 0.3) is 5.69 Å². The first kappa shape index (κ1) is 17.4. The molecule has 0 fully saturated rings. The summed E-state index contributed by atoms with van der Waals surface area (Å²) in [5, 5.41) is 0. The van der Waals surface area contributed by atoms with Gasteiger partial charge in [0.1, 0.15) is 5.82 Å². The van der Waals surface area contributed by atoms with E-state index in [4.69, 9.17) is 4.74 Å². The number of hydrogen-bond acceptors (Lipinski definition) is 4. The van der Waals surface area contributed by atoms with Crippen molar-refractivity contribution in [2.24, 2.45) is 0 Å². The SMILES string of the molecule is CCOC(=O)c1cn(-c2ccc(Br)cc2OC(F)F)c(CC)n1. The topological polar surface area (TPSA) is 53.4 Å². The maximum absolute atomic E-state index is 12.6. The van der Waals surface area contributed by atoms with Gasteiger partial charge in [0.2, 0.25) is 0 Å². The number of esters is 1. The van der Waals surface area contributed by atoms with Crippen molar-refractivity contribution in [3.63, 3.8) is 0 Å². The van der Waals surface area contributed by atoms with E-state index in [9.17, 15) is 13.6 Å². The van der Waals surface area contributed by atoms with Gasteiger partial charge in [-0.25, -0.2) is 9.78 Å². The van der Waals surface area contributed by atoms with Crippen LogP contribution in [0.2, 0.25) is 0 Å². The standard InChI is InChI=1S/C15H15BrF2N2O3/c1-3-13-19-10(14(21)22-4-2)8-20(13)11-6-5-9(16)7-12(11)23-15(17)18/h5-8,15H,3-4H2,1-2H3. The molecule has 0 bridgehead atoms. The molecule has 0 saturated heterocycles. The molecule has 2 aromatic rings. The fourth-order valence-corrected chi connectivity index (χ4v) is 2.40. The zero-order valence-electron chi connectivity index (χ0n) is 12.6. The molecule has 0 saturated carbocycles. The third-order valence-corrected chi connectivity index (χ3v) is 3.47. The normalized spacial score (nSPS) is 10.9. The number of carbonyl (C=O) groups is 1. The molecule has 5 nitrogen and oxygen atoms in total. The van der Waals surface area contributed by atoms with E-state index < -0.39 is 12.6 Å². The lowest BCUT2D eigenvalue weighted by atomic mass is 10.3. The predicted molar refractivity (Wildman–Crippen MR) is 83.2 cm³/mol. The van der Waals surface area contributed by atoms with Gasteiger partial charge in [0.05, 0.1) is 12.3 Å². The number of aromatic nitrogens is 2. The van der Waals surface area contributed by atoms with E-state index in [1.54, 1.807) is 23.6 Å². The van der Waals surface area contributed by atoms with Crippen LogP contribution in [0, 0.1) is 0 Å². The van der Waals surface area contributed by atoms with Gasteiger partial charge in [-0.15, -0.1) is 0 Å². The molecule has 1 aromatic carbocycles. The number of nitrogens with zero attached hydrogens (tertiary/aromatic N) is 2. The monoisotopic (exact) mass is 388 g/mol. The van der Waals surface area contributed by atoms with Crippen LogP contribution in [0.5, 0.6) is 5.75 Å². The molecule has 0 atom stereocenters. The smallest absolute Gasteiger partial charge is 0.387 e. The van der Waals surface area contributed by atoms with Crippen LogP contribution in [-0.4, -0.2) is 28.7 Å². The first-order chi connectivity index (χ1) is 11.0. The molecular formula is C15H15BrF2N2O3. The summed E-state index contributed by atoms with van der Waals surface area (Å²) in [5.74, 6) is -0.0410. The minimum absolute atomic E-state index is 0.0168. The van der Waals surface area contributed by atoms with Gasteiger partial charge >= 0.3 is 12.6 Å². The molecule has 0 unspecified atom stereocenters. The molecule has 0 spiro atoms. The van der Waals surface area contributed by atoms with Crippen molar-refractivity contribution in [2.75, 3.05) is 6.61 Å². The van der Waals surface area contributed by atoms with Gasteiger partial charge in [0.15, 0.2) is 11.4 Å². The average Bonchev–Trinajstić information content (AvgIpc) is 2.91. The summed E-state index contributed by atoms with van der Waals surface area (Å²) in [5.41, 5.74) is 0.489. The Kier molecular flexibility index (Phi) is 5.70. The van der Waals surface area contributed by atoms with Crippen molar-refractivity contribution in [3.8, 4) is 11.4 Å². The Morgan fingerprint density at radius 1 is 1.39 bits per heavy atom. The van der Waals surface area contributed by atoms with Gasteiger partial charge in [-0.3, -0.25) is 4.57 Å².